The maximum atomic E-state index is 12.4. The third kappa shape index (κ3) is 4.32. The lowest BCUT2D eigenvalue weighted by Crippen LogP contribution is -2.31. The van der Waals surface area contributed by atoms with E-state index < -0.39 is 0 Å². The smallest absolute Gasteiger partial charge is 0.227 e. The normalized spacial score (nSPS) is 22.9. The average molecular weight is 352 g/mol. The van der Waals surface area contributed by atoms with Crippen molar-refractivity contribution in [2.75, 3.05) is 5.32 Å². The van der Waals surface area contributed by atoms with Gasteiger partial charge in [0.05, 0.1) is 0 Å². The van der Waals surface area contributed by atoms with Crippen molar-refractivity contribution in [1.82, 2.24) is 0 Å². The summed E-state index contributed by atoms with van der Waals surface area (Å²) in [4.78, 5) is 12.4. The number of nitrogens with one attached hydrogen (secondary N) is 1. The fraction of sp³-hybridized carbons (Fsp3) is 0.611. The molecule has 0 aliphatic heterocycles. The van der Waals surface area contributed by atoms with E-state index in [-0.39, 0.29) is 11.8 Å². The summed E-state index contributed by atoms with van der Waals surface area (Å²) in [6.07, 6.45) is 4.36. The second kappa shape index (κ2) is 6.51. The molecule has 0 unspecified atom stereocenters. The van der Waals surface area contributed by atoms with Crippen LogP contribution in [0.5, 0.6) is 0 Å². The molecule has 21 heavy (non-hydrogen) atoms. The van der Waals surface area contributed by atoms with Crippen molar-refractivity contribution in [1.29, 1.82) is 0 Å². The third-order valence-electron chi connectivity index (χ3n) is 4.76. The summed E-state index contributed by atoms with van der Waals surface area (Å²) in [5.41, 5.74) is 2.43. The minimum Gasteiger partial charge on any atom is -0.326 e. The number of carbonyl (C=O) groups excluding carboxylic acids is 1. The molecular weight excluding hydrogens is 326 g/mol. The first-order valence-electron chi connectivity index (χ1n) is 7.84. The summed E-state index contributed by atoms with van der Waals surface area (Å²) < 4.78 is 1.04. The van der Waals surface area contributed by atoms with Gasteiger partial charge in [0, 0.05) is 16.1 Å². The molecule has 0 atom stereocenters. The van der Waals surface area contributed by atoms with Crippen molar-refractivity contribution in [2.45, 2.75) is 53.4 Å². The monoisotopic (exact) mass is 351 g/mol. The Morgan fingerprint density at radius 1 is 1.19 bits per heavy atom. The molecule has 1 aliphatic rings. The predicted molar refractivity (Wildman–Crippen MR) is 92.4 cm³/mol. The molecule has 1 saturated carbocycles. The molecule has 116 valence electrons. The lowest BCUT2D eigenvalue weighted by Gasteiger charge is -2.36. The number of aryl methyl sites for hydroxylation is 1. The lowest BCUT2D eigenvalue weighted by molar-refractivity contribution is -0.121. The van der Waals surface area contributed by atoms with Crippen LogP contribution in [0.25, 0.3) is 0 Å². The number of anilines is 1. The van der Waals surface area contributed by atoms with Crippen LogP contribution in [0, 0.1) is 24.2 Å². The van der Waals surface area contributed by atoms with Crippen molar-refractivity contribution >= 4 is 27.5 Å². The summed E-state index contributed by atoms with van der Waals surface area (Å²) in [5.74, 6) is 1.09. The molecule has 0 spiro atoms. The summed E-state index contributed by atoms with van der Waals surface area (Å²) in [7, 11) is 0. The van der Waals surface area contributed by atoms with Crippen LogP contribution in [0.1, 0.15) is 52.0 Å². The second-order valence-electron chi connectivity index (χ2n) is 7.37. The standard InChI is InChI=1S/C18H26BrNO/c1-12-5-10-15(11-16(12)19)20-17(21)13-6-8-14(9-7-13)18(2,3)4/h5,10-11,13-14H,6-9H2,1-4H3,(H,20,21). The number of hydrogen-bond acceptors (Lipinski definition) is 1. The maximum absolute atomic E-state index is 12.4. The van der Waals surface area contributed by atoms with Crippen molar-refractivity contribution in [3.63, 3.8) is 0 Å². The molecular formula is C18H26BrNO. The van der Waals surface area contributed by atoms with E-state index in [4.69, 9.17) is 0 Å². The highest BCUT2D eigenvalue weighted by molar-refractivity contribution is 9.10. The van der Waals surface area contributed by atoms with E-state index in [9.17, 15) is 4.79 Å². The molecule has 0 bridgehead atoms. The summed E-state index contributed by atoms with van der Waals surface area (Å²) in [6, 6.07) is 5.98. The Balaban J connectivity index is 1.92. The van der Waals surface area contributed by atoms with Gasteiger partial charge in [0.25, 0.3) is 0 Å². The van der Waals surface area contributed by atoms with Gasteiger partial charge in [-0.15, -0.1) is 0 Å². The SMILES string of the molecule is Cc1ccc(NC(=O)C2CCC(C(C)(C)C)CC2)cc1Br. The largest absolute Gasteiger partial charge is 0.326 e. The molecule has 0 radical (unpaired) electrons. The van der Waals surface area contributed by atoms with Crippen LogP contribution in [0.15, 0.2) is 22.7 Å². The van der Waals surface area contributed by atoms with Crippen molar-refractivity contribution in [3.05, 3.63) is 28.2 Å². The van der Waals surface area contributed by atoms with Gasteiger partial charge in [0.1, 0.15) is 0 Å². The number of carbonyl (C=O) groups is 1. The average Bonchev–Trinajstić information content (AvgIpc) is 2.42. The van der Waals surface area contributed by atoms with Gasteiger partial charge in [0.2, 0.25) is 5.91 Å². The highest BCUT2D eigenvalue weighted by atomic mass is 79.9. The molecule has 1 aromatic carbocycles. The Bertz CT molecular complexity index is 510. The number of hydrogen-bond donors (Lipinski definition) is 1. The maximum Gasteiger partial charge on any atom is 0.227 e. The fourth-order valence-corrected chi connectivity index (χ4v) is 3.52. The topological polar surface area (TPSA) is 29.1 Å². The summed E-state index contributed by atoms with van der Waals surface area (Å²) in [6.45, 7) is 8.97. The van der Waals surface area contributed by atoms with Crippen LogP contribution in [0.3, 0.4) is 0 Å². The number of amides is 1. The zero-order valence-corrected chi connectivity index (χ0v) is 15.1. The Morgan fingerprint density at radius 2 is 1.81 bits per heavy atom. The van der Waals surface area contributed by atoms with Gasteiger partial charge in [-0.25, -0.2) is 0 Å². The molecule has 1 fully saturated rings. The van der Waals surface area contributed by atoms with Gasteiger partial charge in [0.15, 0.2) is 0 Å². The minimum atomic E-state index is 0.170. The Labute approximate surface area is 136 Å². The summed E-state index contributed by atoms with van der Waals surface area (Å²) >= 11 is 3.51. The molecule has 0 heterocycles. The predicted octanol–water partition coefficient (Wildman–Crippen LogP) is 5.55. The van der Waals surface area contributed by atoms with E-state index in [0.717, 1.165) is 28.9 Å². The van der Waals surface area contributed by atoms with Gasteiger partial charge in [-0.3, -0.25) is 4.79 Å². The molecule has 1 aliphatic carbocycles. The van der Waals surface area contributed by atoms with Crippen LogP contribution in [-0.4, -0.2) is 5.91 Å². The Hall–Kier alpha value is -0.830. The lowest BCUT2D eigenvalue weighted by atomic mass is 9.69. The highest BCUT2D eigenvalue weighted by Gasteiger charge is 2.32. The fourth-order valence-electron chi connectivity index (χ4n) is 3.14. The Morgan fingerprint density at radius 3 is 2.33 bits per heavy atom. The van der Waals surface area contributed by atoms with E-state index >= 15 is 0 Å². The van der Waals surface area contributed by atoms with Crippen LogP contribution >= 0.6 is 15.9 Å². The molecule has 1 N–H and O–H groups in total. The van der Waals surface area contributed by atoms with Gasteiger partial charge in [-0.05, 0) is 61.6 Å². The number of rotatable bonds is 2. The van der Waals surface area contributed by atoms with E-state index in [0.29, 0.717) is 5.41 Å². The van der Waals surface area contributed by atoms with Crippen LogP contribution in [0.2, 0.25) is 0 Å². The van der Waals surface area contributed by atoms with Crippen LogP contribution in [-0.2, 0) is 4.79 Å². The van der Waals surface area contributed by atoms with E-state index in [1.165, 1.54) is 18.4 Å². The first-order valence-corrected chi connectivity index (χ1v) is 8.63. The van der Waals surface area contributed by atoms with Gasteiger partial charge in [-0.2, -0.15) is 0 Å². The first-order chi connectivity index (χ1) is 9.77. The number of halogens is 1. The third-order valence-corrected chi connectivity index (χ3v) is 5.62. The first kappa shape index (κ1) is 16.5. The molecule has 2 nitrogen and oxygen atoms in total. The van der Waals surface area contributed by atoms with E-state index in [1.807, 2.05) is 25.1 Å². The van der Waals surface area contributed by atoms with Crippen molar-refractivity contribution in [2.24, 2.45) is 17.3 Å². The molecule has 0 saturated heterocycles. The number of benzene rings is 1. The second-order valence-corrected chi connectivity index (χ2v) is 8.22. The van der Waals surface area contributed by atoms with Crippen LogP contribution in [0.4, 0.5) is 5.69 Å². The van der Waals surface area contributed by atoms with E-state index in [1.54, 1.807) is 0 Å². The molecule has 0 aromatic heterocycles. The van der Waals surface area contributed by atoms with E-state index in [2.05, 4.69) is 42.0 Å². The van der Waals surface area contributed by atoms with Gasteiger partial charge >= 0.3 is 0 Å². The van der Waals surface area contributed by atoms with Crippen LogP contribution < -0.4 is 5.32 Å². The minimum absolute atomic E-state index is 0.170. The molecule has 1 amide bonds. The van der Waals surface area contributed by atoms with Crippen molar-refractivity contribution in [3.8, 4) is 0 Å². The van der Waals surface area contributed by atoms with Gasteiger partial charge in [-0.1, -0.05) is 42.8 Å². The summed E-state index contributed by atoms with van der Waals surface area (Å²) in [5, 5.41) is 3.06. The highest BCUT2D eigenvalue weighted by Crippen LogP contribution is 2.40. The zero-order valence-electron chi connectivity index (χ0n) is 13.5. The van der Waals surface area contributed by atoms with Gasteiger partial charge < -0.3 is 5.32 Å². The Kier molecular flexibility index (Phi) is 5.13. The van der Waals surface area contributed by atoms with Crippen molar-refractivity contribution < 1.29 is 4.79 Å². The molecule has 1 aromatic rings. The quantitative estimate of drug-likeness (QED) is 0.743. The molecule has 2 rings (SSSR count). The molecule has 3 heteroatoms. The zero-order chi connectivity index (χ0) is 15.6.